The topological polar surface area (TPSA) is 79.3 Å². The van der Waals surface area contributed by atoms with E-state index in [2.05, 4.69) is 26.2 Å². The Labute approximate surface area is 138 Å². The van der Waals surface area contributed by atoms with Crippen LogP contribution in [0.5, 0.6) is 0 Å². The van der Waals surface area contributed by atoms with Crippen LogP contribution in [0.15, 0.2) is 34.8 Å². The Kier molecular flexibility index (Phi) is 4.82. The average molecular weight is 390 g/mol. The smallest absolute Gasteiger partial charge is 0.337 e. The Morgan fingerprint density at radius 2 is 1.86 bits per heavy atom. The zero-order valence-electron chi connectivity index (χ0n) is 10.2. The number of hydrogen-bond donors (Lipinski definition) is 2. The molecule has 1 amide bonds. The molecule has 1 aromatic carbocycles. The Bertz CT molecular complexity index is 737. The number of anilines is 1. The molecule has 0 atom stereocenters. The van der Waals surface area contributed by atoms with Crippen molar-refractivity contribution in [1.29, 1.82) is 0 Å². The van der Waals surface area contributed by atoms with Crippen LogP contribution in [0.1, 0.15) is 20.7 Å². The molecule has 8 heteroatoms. The van der Waals surface area contributed by atoms with Crippen LogP contribution in [0.4, 0.5) is 5.69 Å². The molecule has 0 aliphatic heterocycles. The maximum atomic E-state index is 12.2. The number of aromatic nitrogens is 1. The highest BCUT2D eigenvalue weighted by Crippen LogP contribution is 2.28. The highest BCUT2D eigenvalue weighted by molar-refractivity contribution is 9.10. The van der Waals surface area contributed by atoms with E-state index in [9.17, 15) is 9.59 Å². The monoisotopic (exact) mass is 388 g/mol. The Hall–Kier alpha value is -1.63. The molecule has 0 fully saturated rings. The summed E-state index contributed by atoms with van der Waals surface area (Å²) in [5.41, 5.74) is 0.185. The first-order valence-corrected chi connectivity index (χ1v) is 7.10. The molecule has 0 radical (unpaired) electrons. The second kappa shape index (κ2) is 6.43. The van der Waals surface area contributed by atoms with Crippen LogP contribution < -0.4 is 5.32 Å². The fraction of sp³-hybridized carbons (Fsp3) is 0. The Balaban J connectivity index is 2.38. The van der Waals surface area contributed by atoms with Gasteiger partial charge in [0.1, 0.15) is 10.3 Å². The van der Waals surface area contributed by atoms with Gasteiger partial charge < -0.3 is 10.4 Å². The lowest BCUT2D eigenvalue weighted by Gasteiger charge is -2.11. The average Bonchev–Trinajstić information content (AvgIpc) is 2.40. The van der Waals surface area contributed by atoms with Gasteiger partial charge in [-0.1, -0.05) is 29.3 Å². The van der Waals surface area contributed by atoms with Crippen molar-refractivity contribution < 1.29 is 14.7 Å². The van der Waals surface area contributed by atoms with Crippen molar-refractivity contribution in [2.24, 2.45) is 0 Å². The molecule has 0 aliphatic carbocycles. The van der Waals surface area contributed by atoms with Gasteiger partial charge >= 0.3 is 5.97 Å². The highest BCUT2D eigenvalue weighted by Gasteiger charge is 2.18. The summed E-state index contributed by atoms with van der Waals surface area (Å²) < 4.78 is 0.439. The minimum atomic E-state index is -1.16. The van der Waals surface area contributed by atoms with Crippen LogP contribution in [-0.2, 0) is 0 Å². The third-order valence-electron chi connectivity index (χ3n) is 2.54. The van der Waals surface area contributed by atoms with Crippen LogP contribution in [0.25, 0.3) is 0 Å². The zero-order chi connectivity index (χ0) is 15.6. The molecular formula is C13H7BrCl2N2O3. The van der Waals surface area contributed by atoms with Crippen LogP contribution in [0.2, 0.25) is 10.3 Å². The van der Waals surface area contributed by atoms with Gasteiger partial charge in [-0.25, -0.2) is 9.78 Å². The summed E-state index contributed by atoms with van der Waals surface area (Å²) in [5, 5.41) is 11.7. The van der Waals surface area contributed by atoms with Crippen molar-refractivity contribution in [3.05, 3.63) is 56.2 Å². The van der Waals surface area contributed by atoms with Gasteiger partial charge in [0.2, 0.25) is 0 Å². The number of para-hydroxylation sites is 1. The molecule has 1 heterocycles. The number of benzene rings is 1. The predicted octanol–water partition coefficient (Wildman–Crippen LogP) is 4.10. The van der Waals surface area contributed by atoms with Crippen molar-refractivity contribution in [2.45, 2.75) is 0 Å². The van der Waals surface area contributed by atoms with Crippen molar-refractivity contribution in [3.63, 3.8) is 0 Å². The number of pyridine rings is 1. The number of carbonyl (C=O) groups is 2. The number of amides is 1. The van der Waals surface area contributed by atoms with E-state index >= 15 is 0 Å². The minimum absolute atomic E-state index is 0.0456. The molecule has 21 heavy (non-hydrogen) atoms. The molecule has 2 N–H and O–H groups in total. The second-order valence-electron chi connectivity index (χ2n) is 3.89. The van der Waals surface area contributed by atoms with Gasteiger partial charge in [-0.2, -0.15) is 0 Å². The predicted molar refractivity (Wildman–Crippen MR) is 83.3 cm³/mol. The van der Waals surface area contributed by atoms with Crippen LogP contribution in [0, 0.1) is 0 Å². The number of nitrogens with zero attached hydrogens (tertiary/aromatic N) is 1. The lowest BCUT2D eigenvalue weighted by Crippen LogP contribution is -2.16. The number of halogens is 3. The van der Waals surface area contributed by atoms with Gasteiger partial charge in [-0.3, -0.25) is 4.79 Å². The third-order valence-corrected chi connectivity index (χ3v) is 3.70. The van der Waals surface area contributed by atoms with E-state index in [0.717, 1.165) is 0 Å². The van der Waals surface area contributed by atoms with Gasteiger partial charge in [-0.05, 0) is 40.2 Å². The van der Waals surface area contributed by atoms with Gasteiger partial charge in [0, 0.05) is 4.47 Å². The van der Waals surface area contributed by atoms with Gasteiger partial charge in [0.05, 0.1) is 16.8 Å². The molecule has 108 valence electrons. The molecule has 0 saturated heterocycles. The summed E-state index contributed by atoms with van der Waals surface area (Å²) in [7, 11) is 0. The lowest BCUT2D eigenvalue weighted by atomic mass is 10.1. The number of carboxylic acids is 1. The zero-order valence-corrected chi connectivity index (χ0v) is 13.3. The summed E-state index contributed by atoms with van der Waals surface area (Å²) in [6.45, 7) is 0. The summed E-state index contributed by atoms with van der Waals surface area (Å²) in [6, 6.07) is 7.37. The molecule has 0 spiro atoms. The van der Waals surface area contributed by atoms with E-state index in [1.165, 1.54) is 18.2 Å². The minimum Gasteiger partial charge on any atom is -0.478 e. The number of rotatable bonds is 3. The fourth-order valence-electron chi connectivity index (χ4n) is 1.59. The van der Waals surface area contributed by atoms with E-state index in [1.807, 2.05) is 0 Å². The second-order valence-corrected chi connectivity index (χ2v) is 5.49. The van der Waals surface area contributed by atoms with Crippen LogP contribution in [-0.4, -0.2) is 22.0 Å². The van der Waals surface area contributed by atoms with Crippen LogP contribution >= 0.6 is 39.1 Å². The number of aromatic carboxylic acids is 1. The van der Waals surface area contributed by atoms with Gasteiger partial charge in [0.15, 0.2) is 0 Å². The summed E-state index contributed by atoms with van der Waals surface area (Å²) in [5.74, 6) is -1.74. The molecule has 2 rings (SSSR count). The molecule has 2 aromatic rings. The lowest BCUT2D eigenvalue weighted by molar-refractivity contribution is 0.0698. The molecule has 5 nitrogen and oxygen atoms in total. The van der Waals surface area contributed by atoms with Crippen molar-refractivity contribution in [2.75, 3.05) is 5.32 Å². The number of hydrogen-bond acceptors (Lipinski definition) is 3. The van der Waals surface area contributed by atoms with E-state index in [-0.39, 0.29) is 27.1 Å². The van der Waals surface area contributed by atoms with Gasteiger partial charge in [-0.15, -0.1) is 0 Å². The number of carboxylic acid groups (broad SMARTS) is 1. The first-order valence-electron chi connectivity index (χ1n) is 5.55. The molecule has 0 aliphatic rings. The van der Waals surface area contributed by atoms with E-state index in [1.54, 1.807) is 12.1 Å². The van der Waals surface area contributed by atoms with E-state index in [4.69, 9.17) is 28.3 Å². The van der Waals surface area contributed by atoms with Crippen molar-refractivity contribution in [1.82, 2.24) is 4.98 Å². The number of carbonyl (C=O) groups excluding carboxylic acids is 1. The first-order chi connectivity index (χ1) is 9.90. The maximum Gasteiger partial charge on any atom is 0.337 e. The SMILES string of the molecule is O=C(Nc1c(Br)cccc1C(=O)O)c1ccc(Cl)nc1Cl. The van der Waals surface area contributed by atoms with E-state index < -0.39 is 11.9 Å². The summed E-state index contributed by atoms with van der Waals surface area (Å²) >= 11 is 14.7. The first kappa shape index (κ1) is 15.8. The largest absolute Gasteiger partial charge is 0.478 e. The quantitative estimate of drug-likeness (QED) is 0.774. The van der Waals surface area contributed by atoms with Crippen LogP contribution in [0.3, 0.4) is 0 Å². The van der Waals surface area contributed by atoms with Gasteiger partial charge in [0.25, 0.3) is 5.91 Å². The Morgan fingerprint density at radius 1 is 1.14 bits per heavy atom. The maximum absolute atomic E-state index is 12.2. The summed E-state index contributed by atoms with van der Waals surface area (Å²) in [4.78, 5) is 27.1. The van der Waals surface area contributed by atoms with Crippen molar-refractivity contribution >= 4 is 56.7 Å². The fourth-order valence-corrected chi connectivity index (χ4v) is 2.49. The molecule has 0 unspecified atom stereocenters. The molecule has 0 bridgehead atoms. The third kappa shape index (κ3) is 3.53. The molecule has 0 saturated carbocycles. The number of nitrogens with one attached hydrogen (secondary N) is 1. The molecule has 1 aromatic heterocycles. The Morgan fingerprint density at radius 3 is 2.48 bits per heavy atom. The summed E-state index contributed by atoms with van der Waals surface area (Å²) in [6.07, 6.45) is 0. The van der Waals surface area contributed by atoms with E-state index in [0.29, 0.717) is 4.47 Å². The van der Waals surface area contributed by atoms with Crippen molar-refractivity contribution in [3.8, 4) is 0 Å². The highest BCUT2D eigenvalue weighted by atomic mass is 79.9. The molecular weight excluding hydrogens is 383 g/mol. The normalized spacial score (nSPS) is 10.2. The standard InChI is InChI=1S/C13H7BrCl2N2O3/c14-8-3-1-2-6(13(20)21)10(8)18-12(19)7-4-5-9(15)17-11(7)16/h1-5H,(H,18,19)(H,20,21).